The van der Waals surface area contributed by atoms with Gasteiger partial charge in [0.1, 0.15) is 11.5 Å². The number of benzene rings is 2. The molecule has 1 aliphatic rings. The van der Waals surface area contributed by atoms with Gasteiger partial charge in [-0.2, -0.15) is 0 Å². The van der Waals surface area contributed by atoms with E-state index in [2.05, 4.69) is 13.8 Å². The smallest absolute Gasteiger partial charge is 0.295 e. The average molecular weight is 437 g/mol. The predicted molar refractivity (Wildman–Crippen MR) is 126 cm³/mol. The number of hydrogen-bond acceptors (Lipinski definition) is 5. The molecule has 1 N–H and O–H groups in total. The Hall–Kier alpha value is -3.12. The Morgan fingerprint density at radius 2 is 1.81 bits per heavy atom. The molecular weight excluding hydrogens is 404 g/mol. The van der Waals surface area contributed by atoms with Crippen LogP contribution >= 0.6 is 0 Å². The molecule has 0 radical (unpaired) electrons. The molecule has 170 valence electrons. The van der Waals surface area contributed by atoms with Crippen LogP contribution < -0.4 is 4.74 Å². The summed E-state index contributed by atoms with van der Waals surface area (Å²) in [6.45, 7) is 5.45. The summed E-state index contributed by atoms with van der Waals surface area (Å²) >= 11 is 0. The largest absolute Gasteiger partial charge is 0.507 e. The van der Waals surface area contributed by atoms with E-state index in [0.717, 1.165) is 18.5 Å². The van der Waals surface area contributed by atoms with Gasteiger partial charge < -0.3 is 19.6 Å². The summed E-state index contributed by atoms with van der Waals surface area (Å²) in [7, 11) is 5.48. The lowest BCUT2D eigenvalue weighted by Gasteiger charge is -2.26. The highest BCUT2D eigenvalue weighted by Crippen LogP contribution is 2.40. The lowest BCUT2D eigenvalue weighted by atomic mass is 9.93. The van der Waals surface area contributed by atoms with Crippen LogP contribution in [0.15, 0.2) is 54.1 Å². The number of hydrogen-bond donors (Lipinski definition) is 1. The predicted octanol–water partition coefficient (Wildman–Crippen LogP) is 4.19. The Morgan fingerprint density at radius 1 is 1.12 bits per heavy atom. The van der Waals surface area contributed by atoms with Gasteiger partial charge in [-0.1, -0.05) is 50.2 Å². The van der Waals surface area contributed by atoms with E-state index < -0.39 is 17.7 Å². The molecule has 0 bridgehead atoms. The number of Topliss-reactive ketones (excluding diaryl/α,β-unsaturated/α-hetero) is 1. The summed E-state index contributed by atoms with van der Waals surface area (Å²) in [4.78, 5) is 29.7. The van der Waals surface area contributed by atoms with Crippen molar-refractivity contribution >= 4 is 17.4 Å². The molecule has 3 rings (SSSR count). The third kappa shape index (κ3) is 4.86. The standard InChI is InChI=1S/C26H32N2O4/c1-17(2)18-10-12-19(13-11-18)23-22(24(29)20-8-6-9-21(16-20)32-5)25(30)26(31)28(23)15-7-14-27(3)4/h6,8-13,16-17,23,29H,7,14-15H2,1-5H3/t23-/m1/s1. The lowest BCUT2D eigenvalue weighted by Crippen LogP contribution is -2.32. The number of ketones is 1. The maximum atomic E-state index is 13.1. The highest BCUT2D eigenvalue weighted by molar-refractivity contribution is 6.46. The van der Waals surface area contributed by atoms with E-state index >= 15 is 0 Å². The molecule has 1 aliphatic heterocycles. The maximum absolute atomic E-state index is 13.1. The molecule has 2 aromatic rings. The van der Waals surface area contributed by atoms with E-state index in [1.54, 1.807) is 36.3 Å². The Kier molecular flexibility index (Phi) is 7.36. The summed E-state index contributed by atoms with van der Waals surface area (Å²) in [6, 6.07) is 14.2. The van der Waals surface area contributed by atoms with Crippen molar-refractivity contribution in [3.05, 3.63) is 70.8 Å². The zero-order valence-electron chi connectivity index (χ0n) is 19.5. The number of nitrogens with zero attached hydrogens (tertiary/aromatic N) is 2. The Morgan fingerprint density at radius 3 is 2.41 bits per heavy atom. The number of likely N-dealkylation sites (tertiary alicyclic amines) is 1. The molecule has 32 heavy (non-hydrogen) atoms. The molecule has 0 unspecified atom stereocenters. The highest BCUT2D eigenvalue weighted by Gasteiger charge is 2.45. The fourth-order valence-electron chi connectivity index (χ4n) is 4.00. The van der Waals surface area contributed by atoms with Crippen LogP contribution in [0.2, 0.25) is 0 Å². The highest BCUT2D eigenvalue weighted by atomic mass is 16.5. The zero-order chi connectivity index (χ0) is 23.4. The fourth-order valence-corrected chi connectivity index (χ4v) is 4.00. The van der Waals surface area contributed by atoms with Crippen LogP contribution in [0.3, 0.4) is 0 Å². The topological polar surface area (TPSA) is 70.1 Å². The summed E-state index contributed by atoms with van der Waals surface area (Å²) in [5.74, 6) is -0.492. The van der Waals surface area contributed by atoms with Gasteiger partial charge in [-0.3, -0.25) is 9.59 Å². The number of methoxy groups -OCH3 is 1. The molecule has 6 heteroatoms. The SMILES string of the molecule is COc1cccc(C(O)=C2C(=O)C(=O)N(CCCN(C)C)[C@@H]2c2ccc(C(C)C)cc2)c1. The normalized spacial score (nSPS) is 18.1. The summed E-state index contributed by atoms with van der Waals surface area (Å²) < 4.78 is 5.26. The third-order valence-electron chi connectivity index (χ3n) is 5.81. The number of carbonyl (C=O) groups excluding carboxylic acids is 2. The van der Waals surface area contributed by atoms with E-state index in [4.69, 9.17) is 4.74 Å². The molecule has 0 aromatic heterocycles. The lowest BCUT2D eigenvalue weighted by molar-refractivity contribution is -0.139. The van der Waals surface area contributed by atoms with E-state index in [-0.39, 0.29) is 11.3 Å². The van der Waals surface area contributed by atoms with Crippen molar-refractivity contribution in [2.45, 2.75) is 32.2 Å². The van der Waals surface area contributed by atoms with Crippen molar-refractivity contribution < 1.29 is 19.4 Å². The van der Waals surface area contributed by atoms with Gasteiger partial charge in [-0.05, 0) is 56.2 Å². The molecule has 1 atom stereocenters. The van der Waals surface area contributed by atoms with Crippen molar-refractivity contribution in [2.75, 3.05) is 34.3 Å². The van der Waals surface area contributed by atoms with Crippen molar-refractivity contribution in [1.82, 2.24) is 9.80 Å². The molecular formula is C26H32N2O4. The first kappa shape index (κ1) is 23.5. The first-order valence-electron chi connectivity index (χ1n) is 10.9. The molecule has 1 fully saturated rings. The fraction of sp³-hybridized carbons (Fsp3) is 0.385. The van der Waals surface area contributed by atoms with Crippen LogP contribution in [0, 0.1) is 0 Å². The second-order valence-electron chi connectivity index (χ2n) is 8.70. The van der Waals surface area contributed by atoms with Crippen LogP contribution in [0.25, 0.3) is 5.76 Å². The van der Waals surface area contributed by atoms with Crippen molar-refractivity contribution in [1.29, 1.82) is 0 Å². The van der Waals surface area contributed by atoms with E-state index in [1.165, 1.54) is 5.56 Å². The molecule has 1 amide bonds. The Labute approximate surface area is 190 Å². The second kappa shape index (κ2) is 10.0. The number of aliphatic hydroxyl groups excluding tert-OH is 1. The van der Waals surface area contributed by atoms with Crippen LogP contribution in [0.5, 0.6) is 5.75 Å². The van der Waals surface area contributed by atoms with Crippen LogP contribution in [-0.2, 0) is 9.59 Å². The van der Waals surface area contributed by atoms with Gasteiger partial charge in [0.2, 0.25) is 0 Å². The summed E-state index contributed by atoms with van der Waals surface area (Å²) in [6.07, 6.45) is 0.722. The minimum Gasteiger partial charge on any atom is -0.507 e. The molecule has 6 nitrogen and oxygen atoms in total. The number of amides is 1. The van der Waals surface area contributed by atoms with Crippen molar-refractivity contribution in [2.24, 2.45) is 0 Å². The number of aliphatic hydroxyl groups is 1. The zero-order valence-corrected chi connectivity index (χ0v) is 19.5. The minimum absolute atomic E-state index is 0.116. The van der Waals surface area contributed by atoms with Crippen LogP contribution in [0.4, 0.5) is 0 Å². The first-order chi connectivity index (χ1) is 15.2. The molecule has 0 spiro atoms. The van der Waals surface area contributed by atoms with Gasteiger partial charge in [0.25, 0.3) is 11.7 Å². The second-order valence-corrected chi connectivity index (χ2v) is 8.70. The van der Waals surface area contributed by atoms with Crippen LogP contribution in [-0.4, -0.2) is 60.9 Å². The van der Waals surface area contributed by atoms with E-state index in [1.807, 2.05) is 43.3 Å². The monoisotopic (exact) mass is 436 g/mol. The number of carbonyl (C=O) groups is 2. The van der Waals surface area contributed by atoms with Gasteiger partial charge in [-0.25, -0.2) is 0 Å². The first-order valence-corrected chi connectivity index (χ1v) is 10.9. The van der Waals surface area contributed by atoms with Crippen molar-refractivity contribution in [3.8, 4) is 5.75 Å². The van der Waals surface area contributed by atoms with Gasteiger partial charge in [-0.15, -0.1) is 0 Å². The quantitative estimate of drug-likeness (QED) is 0.382. The number of ether oxygens (including phenoxy) is 1. The Balaban J connectivity index is 2.09. The molecule has 2 aromatic carbocycles. The molecule has 1 saturated heterocycles. The van der Waals surface area contributed by atoms with Crippen molar-refractivity contribution in [3.63, 3.8) is 0 Å². The van der Waals surface area contributed by atoms with E-state index in [0.29, 0.717) is 23.8 Å². The van der Waals surface area contributed by atoms with Gasteiger partial charge in [0.05, 0.1) is 18.7 Å². The maximum Gasteiger partial charge on any atom is 0.295 e. The van der Waals surface area contributed by atoms with E-state index in [9.17, 15) is 14.7 Å². The van der Waals surface area contributed by atoms with Gasteiger partial charge in [0.15, 0.2) is 0 Å². The van der Waals surface area contributed by atoms with Gasteiger partial charge >= 0.3 is 0 Å². The van der Waals surface area contributed by atoms with Crippen LogP contribution in [0.1, 0.15) is 48.9 Å². The minimum atomic E-state index is -0.659. The van der Waals surface area contributed by atoms with Gasteiger partial charge in [0, 0.05) is 12.1 Å². The summed E-state index contributed by atoms with van der Waals surface area (Å²) in [5, 5.41) is 11.2. The molecule has 0 aliphatic carbocycles. The molecule has 1 heterocycles. The number of rotatable bonds is 8. The third-order valence-corrected chi connectivity index (χ3v) is 5.81. The average Bonchev–Trinajstić information content (AvgIpc) is 3.03. The Bertz CT molecular complexity index is 1010. The molecule has 0 saturated carbocycles. The summed E-state index contributed by atoms with van der Waals surface area (Å²) in [5.41, 5.74) is 2.54.